The average Bonchev–Trinajstić information content (AvgIpc) is 2.68. The molecule has 158 valence electrons. The van der Waals surface area contributed by atoms with Crippen molar-refractivity contribution >= 4 is 32.5 Å². The van der Waals surface area contributed by atoms with E-state index < -0.39 is 10.0 Å². The molecule has 3 aromatic rings. The normalized spacial score (nSPS) is 11.7. The van der Waals surface area contributed by atoms with Gasteiger partial charge in [0.25, 0.3) is 5.91 Å². The number of rotatable bonds is 6. The Bertz CT molecular complexity index is 1220. The van der Waals surface area contributed by atoms with Gasteiger partial charge >= 0.3 is 0 Å². The van der Waals surface area contributed by atoms with E-state index in [0.29, 0.717) is 17.9 Å². The van der Waals surface area contributed by atoms with Crippen LogP contribution in [0.4, 0.5) is 5.69 Å². The van der Waals surface area contributed by atoms with Gasteiger partial charge < -0.3 is 10.1 Å². The van der Waals surface area contributed by atoms with Gasteiger partial charge in [-0.3, -0.25) is 9.78 Å². The van der Waals surface area contributed by atoms with E-state index in [4.69, 9.17) is 4.74 Å². The fraction of sp³-hybridized carbons (Fsp3) is 0.273. The van der Waals surface area contributed by atoms with Crippen LogP contribution < -0.4 is 10.1 Å². The summed E-state index contributed by atoms with van der Waals surface area (Å²) in [5.74, 6) is -0.0986. The summed E-state index contributed by atoms with van der Waals surface area (Å²) < 4.78 is 32.0. The molecular weight excluding hydrogens is 402 g/mol. The van der Waals surface area contributed by atoms with E-state index in [9.17, 15) is 13.2 Å². The van der Waals surface area contributed by atoms with Gasteiger partial charge in [0.05, 0.1) is 17.7 Å². The minimum Gasteiger partial charge on any atom is -0.492 e. The number of nitrogens with one attached hydrogen (secondary N) is 1. The minimum absolute atomic E-state index is 0.00115. The zero-order chi connectivity index (χ0) is 22.1. The lowest BCUT2D eigenvalue weighted by molar-refractivity contribution is 0.102. The Labute approximate surface area is 176 Å². The number of amides is 1. The molecule has 1 amide bonds. The molecule has 2 aromatic carbocycles. The van der Waals surface area contributed by atoms with Gasteiger partial charge in [-0.2, -0.15) is 0 Å². The Morgan fingerprint density at radius 1 is 1.10 bits per heavy atom. The first kappa shape index (κ1) is 21.7. The second-order valence-corrected chi connectivity index (χ2v) is 9.29. The maximum absolute atomic E-state index is 13.1. The highest BCUT2D eigenvalue weighted by Gasteiger charge is 2.23. The predicted molar refractivity (Wildman–Crippen MR) is 118 cm³/mol. The van der Waals surface area contributed by atoms with Gasteiger partial charge in [0.1, 0.15) is 10.6 Å². The Hall–Kier alpha value is -2.97. The molecule has 0 aliphatic heterocycles. The number of hydrogen-bond donors (Lipinski definition) is 1. The number of aromatic nitrogens is 1. The molecule has 0 saturated heterocycles. The fourth-order valence-corrected chi connectivity index (χ4v) is 4.17. The van der Waals surface area contributed by atoms with Crippen molar-refractivity contribution in [2.45, 2.75) is 25.7 Å². The summed E-state index contributed by atoms with van der Waals surface area (Å²) in [6.45, 7) is 5.88. The number of nitrogens with zero attached hydrogens (tertiary/aromatic N) is 2. The van der Waals surface area contributed by atoms with Crippen molar-refractivity contribution in [3.8, 4) is 5.75 Å². The number of benzene rings is 2. The number of pyridine rings is 1. The molecule has 1 aromatic heterocycles. The van der Waals surface area contributed by atoms with Crippen LogP contribution in [0.1, 0.15) is 28.5 Å². The second kappa shape index (κ2) is 8.41. The molecule has 0 aliphatic rings. The average molecular weight is 428 g/mol. The molecule has 0 fully saturated rings. The van der Waals surface area contributed by atoms with E-state index in [1.54, 1.807) is 25.1 Å². The van der Waals surface area contributed by atoms with Gasteiger partial charge in [-0.05, 0) is 57.2 Å². The van der Waals surface area contributed by atoms with E-state index in [-0.39, 0.29) is 16.6 Å². The molecule has 8 heteroatoms. The lowest BCUT2D eigenvalue weighted by Gasteiger charge is -2.17. The summed E-state index contributed by atoms with van der Waals surface area (Å²) in [6, 6.07) is 12.1. The standard InChI is InChI=1S/C22H25N3O4S/c1-6-29-20-10-8-16(13-21(20)30(27,28)25(4)5)24-22(26)18-12-15(3)23-19-9-7-14(2)11-17(18)19/h7-13H,6H2,1-5H3,(H,24,26). The van der Waals surface area contributed by atoms with Gasteiger partial charge in [-0.25, -0.2) is 12.7 Å². The van der Waals surface area contributed by atoms with Crippen LogP contribution in [0.3, 0.4) is 0 Å². The van der Waals surface area contributed by atoms with Crippen molar-refractivity contribution in [2.75, 3.05) is 26.0 Å². The third-order valence-electron chi connectivity index (χ3n) is 4.60. The highest BCUT2D eigenvalue weighted by atomic mass is 32.2. The molecule has 1 N–H and O–H groups in total. The maximum Gasteiger partial charge on any atom is 0.256 e. The summed E-state index contributed by atoms with van der Waals surface area (Å²) in [5.41, 5.74) is 3.31. The van der Waals surface area contributed by atoms with Crippen LogP contribution in [0.5, 0.6) is 5.75 Å². The van der Waals surface area contributed by atoms with Gasteiger partial charge in [0.2, 0.25) is 10.0 Å². The molecule has 0 saturated carbocycles. The number of carbonyl (C=O) groups excluding carboxylic acids is 1. The van der Waals surface area contributed by atoms with Crippen molar-refractivity contribution in [3.05, 3.63) is 59.3 Å². The van der Waals surface area contributed by atoms with Crippen LogP contribution in [0.25, 0.3) is 10.9 Å². The molecule has 0 atom stereocenters. The van der Waals surface area contributed by atoms with Gasteiger partial charge in [-0.15, -0.1) is 0 Å². The number of anilines is 1. The lowest BCUT2D eigenvalue weighted by atomic mass is 10.0. The molecular formula is C22H25N3O4S. The summed E-state index contributed by atoms with van der Waals surface area (Å²) in [4.78, 5) is 17.5. The zero-order valence-corrected chi connectivity index (χ0v) is 18.5. The van der Waals surface area contributed by atoms with Crippen molar-refractivity contribution in [2.24, 2.45) is 0 Å². The highest BCUT2D eigenvalue weighted by molar-refractivity contribution is 7.89. The Morgan fingerprint density at radius 3 is 2.50 bits per heavy atom. The van der Waals surface area contributed by atoms with E-state index in [2.05, 4.69) is 10.3 Å². The van der Waals surface area contributed by atoms with Gasteiger partial charge in [-0.1, -0.05) is 11.6 Å². The molecule has 0 radical (unpaired) electrons. The van der Waals surface area contributed by atoms with E-state index >= 15 is 0 Å². The quantitative estimate of drug-likeness (QED) is 0.647. The first-order valence-electron chi connectivity index (χ1n) is 9.52. The summed E-state index contributed by atoms with van der Waals surface area (Å²) >= 11 is 0. The van der Waals surface area contributed by atoms with Crippen molar-refractivity contribution in [3.63, 3.8) is 0 Å². The van der Waals surface area contributed by atoms with Crippen LogP contribution in [0.15, 0.2) is 47.4 Å². The molecule has 0 spiro atoms. The highest BCUT2D eigenvalue weighted by Crippen LogP contribution is 2.30. The van der Waals surface area contributed by atoms with Gasteiger partial charge in [0.15, 0.2) is 0 Å². The predicted octanol–water partition coefficient (Wildman–Crippen LogP) is 3.75. The van der Waals surface area contributed by atoms with Crippen LogP contribution in [-0.2, 0) is 10.0 Å². The topological polar surface area (TPSA) is 88.6 Å². The Morgan fingerprint density at radius 2 is 1.83 bits per heavy atom. The number of ether oxygens (including phenoxy) is 1. The summed E-state index contributed by atoms with van der Waals surface area (Å²) in [5, 5.41) is 3.55. The molecule has 0 aliphatic carbocycles. The first-order valence-corrected chi connectivity index (χ1v) is 11.0. The number of fused-ring (bicyclic) bond motifs is 1. The zero-order valence-electron chi connectivity index (χ0n) is 17.7. The van der Waals surface area contributed by atoms with Crippen molar-refractivity contribution in [1.82, 2.24) is 9.29 Å². The van der Waals surface area contributed by atoms with Crippen molar-refractivity contribution < 1.29 is 17.9 Å². The van der Waals surface area contributed by atoms with Crippen LogP contribution >= 0.6 is 0 Å². The molecule has 7 nitrogen and oxygen atoms in total. The van der Waals surface area contributed by atoms with E-state index in [1.165, 1.54) is 20.2 Å². The number of sulfonamides is 1. The number of aryl methyl sites for hydroxylation is 2. The largest absolute Gasteiger partial charge is 0.492 e. The van der Waals surface area contributed by atoms with E-state index in [1.807, 2.05) is 32.0 Å². The Balaban J connectivity index is 2.04. The summed E-state index contributed by atoms with van der Waals surface area (Å²) in [7, 11) is -0.855. The molecule has 0 unspecified atom stereocenters. The third kappa shape index (κ3) is 4.29. The number of carbonyl (C=O) groups is 1. The van der Waals surface area contributed by atoms with Crippen LogP contribution in [0, 0.1) is 13.8 Å². The summed E-state index contributed by atoms with van der Waals surface area (Å²) in [6.07, 6.45) is 0. The van der Waals surface area contributed by atoms with Crippen LogP contribution in [0.2, 0.25) is 0 Å². The van der Waals surface area contributed by atoms with Gasteiger partial charge in [0, 0.05) is 30.9 Å². The van der Waals surface area contributed by atoms with Crippen LogP contribution in [-0.4, -0.2) is 44.3 Å². The smallest absolute Gasteiger partial charge is 0.256 e. The lowest BCUT2D eigenvalue weighted by Crippen LogP contribution is -2.23. The first-order chi connectivity index (χ1) is 14.1. The Kier molecular flexibility index (Phi) is 6.09. The van der Waals surface area contributed by atoms with E-state index in [0.717, 1.165) is 26.5 Å². The second-order valence-electron chi connectivity index (χ2n) is 7.17. The van der Waals surface area contributed by atoms with Crippen molar-refractivity contribution in [1.29, 1.82) is 0 Å². The minimum atomic E-state index is -3.75. The molecule has 30 heavy (non-hydrogen) atoms. The fourth-order valence-electron chi connectivity index (χ4n) is 3.12. The SMILES string of the molecule is CCOc1ccc(NC(=O)c2cc(C)nc3ccc(C)cc23)cc1S(=O)(=O)N(C)C. The number of hydrogen-bond acceptors (Lipinski definition) is 5. The maximum atomic E-state index is 13.1. The monoisotopic (exact) mass is 427 g/mol. The molecule has 3 rings (SSSR count). The molecule has 0 bridgehead atoms. The molecule has 1 heterocycles. The third-order valence-corrected chi connectivity index (χ3v) is 6.43.